The molecule has 0 aliphatic heterocycles. The van der Waals surface area contributed by atoms with Gasteiger partial charge in [-0.3, -0.25) is 4.57 Å². The third kappa shape index (κ3) is 3.60. The number of pyridine rings is 1. The predicted octanol–water partition coefficient (Wildman–Crippen LogP) is 2.69. The number of hydrogen-bond acceptors (Lipinski definition) is 5. The summed E-state index contributed by atoms with van der Waals surface area (Å²) in [4.78, 5) is 22.4. The van der Waals surface area contributed by atoms with E-state index in [0.29, 0.717) is 11.4 Å². The van der Waals surface area contributed by atoms with Gasteiger partial charge in [0.1, 0.15) is 18.8 Å². The average Bonchev–Trinajstić information content (AvgIpc) is 3.14. The molecule has 2 aromatic heterocycles. The first-order valence-corrected chi connectivity index (χ1v) is 7.51. The van der Waals surface area contributed by atoms with Gasteiger partial charge in [-0.05, 0) is 29.8 Å². The normalized spacial score (nSPS) is 10.4. The lowest BCUT2D eigenvalue weighted by Crippen LogP contribution is -2.10. The van der Waals surface area contributed by atoms with E-state index in [0.717, 1.165) is 11.3 Å². The van der Waals surface area contributed by atoms with Crippen LogP contribution in [0.1, 0.15) is 15.9 Å². The zero-order chi connectivity index (χ0) is 16.9. The molecule has 122 valence electrons. The summed E-state index contributed by atoms with van der Waals surface area (Å²) in [6.07, 6.45) is 6.62. The van der Waals surface area contributed by atoms with Crippen molar-refractivity contribution < 1.29 is 9.53 Å². The van der Waals surface area contributed by atoms with Crippen molar-refractivity contribution in [1.82, 2.24) is 14.5 Å². The summed E-state index contributed by atoms with van der Waals surface area (Å²) >= 11 is 0. The van der Waals surface area contributed by atoms with Gasteiger partial charge in [-0.25, -0.2) is 14.8 Å². The second-order valence-corrected chi connectivity index (χ2v) is 5.52. The van der Waals surface area contributed by atoms with Gasteiger partial charge in [0.25, 0.3) is 0 Å². The lowest BCUT2D eigenvalue weighted by molar-refractivity contribution is 0.0472. The van der Waals surface area contributed by atoms with Crippen molar-refractivity contribution in [2.75, 3.05) is 19.0 Å². The van der Waals surface area contributed by atoms with E-state index in [1.54, 1.807) is 35.4 Å². The van der Waals surface area contributed by atoms with E-state index >= 15 is 0 Å². The number of rotatable bonds is 5. The van der Waals surface area contributed by atoms with Crippen LogP contribution in [0, 0.1) is 0 Å². The molecular formula is C18H18N4O2. The maximum absolute atomic E-state index is 12.1. The summed E-state index contributed by atoms with van der Waals surface area (Å²) in [6.45, 7) is 0.226. The van der Waals surface area contributed by atoms with Crippen LogP contribution in [0.25, 0.3) is 5.82 Å². The molecule has 3 rings (SSSR count). The van der Waals surface area contributed by atoms with Gasteiger partial charge in [0, 0.05) is 38.4 Å². The lowest BCUT2D eigenvalue weighted by Gasteiger charge is -2.13. The van der Waals surface area contributed by atoms with Gasteiger partial charge >= 0.3 is 5.97 Å². The molecule has 0 spiro atoms. The minimum Gasteiger partial charge on any atom is -0.457 e. The number of esters is 1. The van der Waals surface area contributed by atoms with Gasteiger partial charge in [-0.15, -0.1) is 0 Å². The number of benzene rings is 1. The highest BCUT2D eigenvalue weighted by Crippen LogP contribution is 2.15. The second-order valence-electron chi connectivity index (χ2n) is 5.52. The van der Waals surface area contributed by atoms with Crippen LogP contribution in [0.4, 0.5) is 5.69 Å². The maximum Gasteiger partial charge on any atom is 0.340 e. The fourth-order valence-corrected chi connectivity index (χ4v) is 2.21. The Morgan fingerprint density at radius 2 is 2.12 bits per heavy atom. The van der Waals surface area contributed by atoms with Gasteiger partial charge in [-0.1, -0.05) is 12.1 Å². The van der Waals surface area contributed by atoms with E-state index in [1.807, 2.05) is 43.3 Å². The number of imidazole rings is 1. The third-order valence-corrected chi connectivity index (χ3v) is 3.55. The summed E-state index contributed by atoms with van der Waals surface area (Å²) in [6, 6.07) is 11.3. The smallest absolute Gasteiger partial charge is 0.340 e. The number of carbonyl (C=O) groups is 1. The van der Waals surface area contributed by atoms with E-state index in [1.165, 1.54) is 6.20 Å². The predicted molar refractivity (Wildman–Crippen MR) is 91.2 cm³/mol. The molecule has 0 N–H and O–H groups in total. The van der Waals surface area contributed by atoms with Crippen molar-refractivity contribution in [3.05, 3.63) is 72.4 Å². The quantitative estimate of drug-likeness (QED) is 0.676. The summed E-state index contributed by atoms with van der Waals surface area (Å²) in [5, 5.41) is 0. The Balaban J connectivity index is 1.64. The Labute approximate surface area is 140 Å². The van der Waals surface area contributed by atoms with Crippen LogP contribution < -0.4 is 4.90 Å². The van der Waals surface area contributed by atoms with Crippen LogP contribution in [0.3, 0.4) is 0 Å². The summed E-state index contributed by atoms with van der Waals surface area (Å²) in [7, 11) is 3.94. The van der Waals surface area contributed by atoms with Crippen molar-refractivity contribution in [3.8, 4) is 5.82 Å². The molecule has 3 aromatic rings. The Morgan fingerprint density at radius 3 is 2.79 bits per heavy atom. The molecule has 0 aliphatic rings. The molecule has 0 radical (unpaired) electrons. The molecule has 0 unspecified atom stereocenters. The Morgan fingerprint density at radius 1 is 1.25 bits per heavy atom. The van der Waals surface area contributed by atoms with E-state index in [9.17, 15) is 4.79 Å². The number of ether oxygens (including phenoxy) is 1. The van der Waals surface area contributed by atoms with Crippen molar-refractivity contribution in [3.63, 3.8) is 0 Å². The van der Waals surface area contributed by atoms with Gasteiger partial charge in [0.2, 0.25) is 0 Å². The molecule has 6 nitrogen and oxygen atoms in total. The summed E-state index contributed by atoms with van der Waals surface area (Å²) in [5.41, 5.74) is 2.43. The fraction of sp³-hybridized carbons (Fsp3) is 0.167. The molecule has 0 saturated heterocycles. The Hall–Kier alpha value is -3.15. The average molecular weight is 322 g/mol. The molecule has 24 heavy (non-hydrogen) atoms. The maximum atomic E-state index is 12.1. The third-order valence-electron chi connectivity index (χ3n) is 3.55. The summed E-state index contributed by atoms with van der Waals surface area (Å²) < 4.78 is 7.13. The highest BCUT2D eigenvalue weighted by Gasteiger charge is 2.09. The first kappa shape index (κ1) is 15.7. The van der Waals surface area contributed by atoms with Crippen molar-refractivity contribution in [2.45, 2.75) is 6.61 Å². The van der Waals surface area contributed by atoms with Crippen LogP contribution in [-0.2, 0) is 11.3 Å². The molecule has 0 fully saturated rings. The Bertz CT molecular complexity index is 811. The topological polar surface area (TPSA) is 60.2 Å². The zero-order valence-electron chi connectivity index (χ0n) is 13.6. The van der Waals surface area contributed by atoms with E-state index in [-0.39, 0.29) is 6.61 Å². The van der Waals surface area contributed by atoms with Gasteiger partial charge in [0.05, 0.1) is 5.56 Å². The molecule has 0 amide bonds. The van der Waals surface area contributed by atoms with Crippen LogP contribution in [-0.4, -0.2) is 34.6 Å². The van der Waals surface area contributed by atoms with Gasteiger partial charge < -0.3 is 9.64 Å². The largest absolute Gasteiger partial charge is 0.457 e. The monoisotopic (exact) mass is 322 g/mol. The van der Waals surface area contributed by atoms with E-state index < -0.39 is 5.97 Å². The highest BCUT2D eigenvalue weighted by atomic mass is 16.5. The second kappa shape index (κ2) is 6.95. The number of hydrogen-bond donors (Lipinski definition) is 0. The van der Waals surface area contributed by atoms with Crippen molar-refractivity contribution >= 4 is 11.7 Å². The minimum absolute atomic E-state index is 0.226. The molecule has 0 saturated carbocycles. The number of anilines is 1. The zero-order valence-corrected chi connectivity index (χ0v) is 13.6. The standard InChI is InChI=1S/C18H18N4O2/c1-21(2)16-5-3-4-14(10-16)12-24-18(23)15-6-7-17(20-11-15)22-9-8-19-13-22/h3-11,13H,12H2,1-2H3. The molecule has 1 aromatic carbocycles. The highest BCUT2D eigenvalue weighted by molar-refractivity contribution is 5.89. The molecular weight excluding hydrogens is 304 g/mol. The number of aromatic nitrogens is 3. The van der Waals surface area contributed by atoms with E-state index in [2.05, 4.69) is 9.97 Å². The molecule has 2 heterocycles. The van der Waals surface area contributed by atoms with Crippen molar-refractivity contribution in [2.24, 2.45) is 0 Å². The summed E-state index contributed by atoms with van der Waals surface area (Å²) in [5.74, 6) is 0.303. The van der Waals surface area contributed by atoms with Crippen molar-refractivity contribution in [1.29, 1.82) is 0 Å². The van der Waals surface area contributed by atoms with E-state index in [4.69, 9.17) is 4.74 Å². The molecule has 0 atom stereocenters. The fourth-order valence-electron chi connectivity index (χ4n) is 2.21. The van der Waals surface area contributed by atoms with Gasteiger partial charge in [0.15, 0.2) is 0 Å². The van der Waals surface area contributed by atoms with Crippen LogP contribution in [0.5, 0.6) is 0 Å². The van der Waals surface area contributed by atoms with Gasteiger partial charge in [-0.2, -0.15) is 0 Å². The molecule has 0 bridgehead atoms. The SMILES string of the molecule is CN(C)c1cccc(COC(=O)c2ccc(-n3ccnc3)nc2)c1. The number of carbonyl (C=O) groups excluding carboxylic acids is 1. The first-order valence-electron chi connectivity index (χ1n) is 7.51. The lowest BCUT2D eigenvalue weighted by atomic mass is 10.2. The first-order chi connectivity index (χ1) is 11.6. The molecule has 6 heteroatoms. The van der Waals surface area contributed by atoms with Crippen LogP contribution in [0.2, 0.25) is 0 Å². The molecule has 0 aliphatic carbocycles. The number of nitrogens with zero attached hydrogens (tertiary/aromatic N) is 4. The van der Waals surface area contributed by atoms with Crippen LogP contribution >= 0.6 is 0 Å². The van der Waals surface area contributed by atoms with Crippen LogP contribution in [0.15, 0.2) is 61.3 Å². The minimum atomic E-state index is -0.394. The Kier molecular flexibility index (Phi) is 4.56.